The van der Waals surface area contributed by atoms with Crippen molar-refractivity contribution in [1.29, 1.82) is 0 Å². The van der Waals surface area contributed by atoms with Crippen LogP contribution < -0.4 is 10.9 Å². The van der Waals surface area contributed by atoms with Crippen molar-refractivity contribution in [3.8, 4) is 0 Å². The quantitative estimate of drug-likeness (QED) is 0.860. The first-order valence-electron chi connectivity index (χ1n) is 7.41. The number of nitrogens with one attached hydrogen (secondary N) is 2. The zero-order chi connectivity index (χ0) is 12.8. The second-order valence-corrected chi connectivity index (χ2v) is 6.08. The minimum Gasteiger partial charge on any atom is -0.365 e. The summed E-state index contributed by atoms with van der Waals surface area (Å²) in [6, 6.07) is 2.71. The Balaban J connectivity index is 1.54. The molecule has 3 fully saturated rings. The summed E-state index contributed by atoms with van der Waals surface area (Å²) in [5, 5.41) is 3.50. The van der Waals surface area contributed by atoms with E-state index in [1.54, 1.807) is 6.07 Å². The highest BCUT2D eigenvalue weighted by atomic mass is 16.1. The normalized spacial score (nSPS) is 30.5. The highest BCUT2D eigenvalue weighted by Gasteiger charge is 2.37. The molecule has 0 amide bonds. The molecule has 2 N–H and O–H groups in total. The van der Waals surface area contributed by atoms with Gasteiger partial charge in [-0.1, -0.05) is 0 Å². The molecule has 3 aliphatic rings. The van der Waals surface area contributed by atoms with Crippen LogP contribution in [0.15, 0.2) is 10.9 Å². The maximum atomic E-state index is 11.7. The summed E-state index contributed by atoms with van der Waals surface area (Å²) < 4.78 is 0. The fraction of sp³-hybridized carbons (Fsp3) is 0.714. The molecule has 0 bridgehead atoms. The first-order valence-corrected chi connectivity index (χ1v) is 7.41. The number of rotatable bonds is 3. The van der Waals surface area contributed by atoms with Crippen LogP contribution in [0.3, 0.4) is 0 Å². The summed E-state index contributed by atoms with van der Waals surface area (Å²) in [5.74, 6) is 2.13. The molecule has 4 rings (SSSR count). The lowest BCUT2D eigenvalue weighted by atomic mass is 10.1. The highest BCUT2D eigenvalue weighted by Crippen LogP contribution is 2.38. The number of aromatic nitrogens is 2. The molecule has 2 saturated heterocycles. The molecule has 1 aliphatic carbocycles. The van der Waals surface area contributed by atoms with Crippen LogP contribution in [0.5, 0.6) is 0 Å². The largest absolute Gasteiger partial charge is 0.365 e. The van der Waals surface area contributed by atoms with Gasteiger partial charge in [0.25, 0.3) is 5.56 Å². The van der Waals surface area contributed by atoms with E-state index in [-0.39, 0.29) is 5.56 Å². The predicted molar refractivity (Wildman–Crippen MR) is 73.5 cm³/mol. The van der Waals surface area contributed by atoms with Gasteiger partial charge in [-0.05, 0) is 38.6 Å². The Morgan fingerprint density at radius 3 is 3.00 bits per heavy atom. The Kier molecular flexibility index (Phi) is 2.62. The minimum atomic E-state index is -0.0272. The highest BCUT2D eigenvalue weighted by molar-refractivity contribution is 5.36. The number of H-pyrrole nitrogens is 1. The molecule has 0 aromatic carbocycles. The second-order valence-electron chi connectivity index (χ2n) is 6.08. The van der Waals surface area contributed by atoms with E-state index < -0.39 is 0 Å². The third kappa shape index (κ3) is 2.16. The monoisotopic (exact) mass is 260 g/mol. The second kappa shape index (κ2) is 4.34. The Morgan fingerprint density at radius 2 is 2.16 bits per heavy atom. The molecule has 1 saturated carbocycles. The maximum Gasteiger partial charge on any atom is 0.252 e. The van der Waals surface area contributed by atoms with Gasteiger partial charge in [-0.2, -0.15) is 0 Å². The van der Waals surface area contributed by atoms with E-state index in [9.17, 15) is 4.79 Å². The van der Waals surface area contributed by atoms with E-state index in [1.165, 1.54) is 25.9 Å². The molecule has 3 heterocycles. The molecule has 5 heteroatoms. The van der Waals surface area contributed by atoms with Crippen LogP contribution in [0.4, 0.5) is 5.82 Å². The van der Waals surface area contributed by atoms with E-state index in [0.29, 0.717) is 18.0 Å². The Hall–Kier alpha value is -1.36. The van der Waals surface area contributed by atoms with Crippen molar-refractivity contribution in [2.75, 3.05) is 18.4 Å². The zero-order valence-corrected chi connectivity index (χ0v) is 11.1. The van der Waals surface area contributed by atoms with Crippen LogP contribution >= 0.6 is 0 Å². The van der Waals surface area contributed by atoms with E-state index >= 15 is 0 Å². The summed E-state index contributed by atoms with van der Waals surface area (Å²) in [5.41, 5.74) is -0.0272. The van der Waals surface area contributed by atoms with Gasteiger partial charge in [0, 0.05) is 30.6 Å². The van der Waals surface area contributed by atoms with Gasteiger partial charge < -0.3 is 10.3 Å². The molecule has 0 spiro atoms. The fourth-order valence-corrected chi connectivity index (χ4v) is 3.54. The summed E-state index contributed by atoms with van der Waals surface area (Å²) in [6.07, 6.45) is 6.06. The van der Waals surface area contributed by atoms with Crippen molar-refractivity contribution in [3.05, 3.63) is 22.2 Å². The van der Waals surface area contributed by atoms with Crippen molar-refractivity contribution in [3.63, 3.8) is 0 Å². The van der Waals surface area contributed by atoms with Crippen LogP contribution in [-0.2, 0) is 0 Å². The number of fused-ring (bicyclic) bond motifs is 1. The smallest absolute Gasteiger partial charge is 0.252 e. The average molecular weight is 260 g/mol. The number of hydrogen-bond acceptors (Lipinski definition) is 4. The standard InChI is InChI=1S/C14H20N4O/c19-13-8-12(16-14(17-13)9-3-4-9)15-10-5-7-18-6-1-2-11(10)18/h8-11H,1-7H2,(H2,15,16,17,19). The van der Waals surface area contributed by atoms with Gasteiger partial charge in [0.15, 0.2) is 0 Å². The number of nitrogens with zero attached hydrogens (tertiary/aromatic N) is 2. The average Bonchev–Trinajstić information content (AvgIpc) is 3.02. The first-order chi connectivity index (χ1) is 9.29. The molecule has 0 radical (unpaired) electrons. The molecule has 2 unspecified atom stereocenters. The van der Waals surface area contributed by atoms with Crippen LogP contribution in [-0.4, -0.2) is 40.0 Å². The maximum absolute atomic E-state index is 11.7. The molecule has 19 heavy (non-hydrogen) atoms. The molecule has 5 nitrogen and oxygen atoms in total. The van der Waals surface area contributed by atoms with Gasteiger partial charge in [0.05, 0.1) is 0 Å². The Bertz CT molecular complexity index is 536. The van der Waals surface area contributed by atoms with Crippen molar-refractivity contribution >= 4 is 5.82 Å². The molecular formula is C14H20N4O. The topological polar surface area (TPSA) is 61.0 Å². The van der Waals surface area contributed by atoms with Crippen LogP contribution in [0.2, 0.25) is 0 Å². The summed E-state index contributed by atoms with van der Waals surface area (Å²) in [6.45, 7) is 2.42. The lowest BCUT2D eigenvalue weighted by Crippen LogP contribution is -2.34. The zero-order valence-electron chi connectivity index (χ0n) is 11.1. The molecule has 2 atom stereocenters. The predicted octanol–water partition coefficient (Wildman–Crippen LogP) is 1.30. The molecule has 1 aromatic rings. The van der Waals surface area contributed by atoms with Crippen molar-refractivity contribution in [2.45, 2.75) is 50.1 Å². The van der Waals surface area contributed by atoms with Gasteiger partial charge in [-0.3, -0.25) is 9.69 Å². The third-order valence-electron chi connectivity index (χ3n) is 4.66. The van der Waals surface area contributed by atoms with Crippen LogP contribution in [0.1, 0.15) is 43.8 Å². The van der Waals surface area contributed by atoms with Gasteiger partial charge in [0.1, 0.15) is 11.6 Å². The van der Waals surface area contributed by atoms with E-state index in [1.807, 2.05) is 0 Å². The summed E-state index contributed by atoms with van der Waals surface area (Å²) in [4.78, 5) is 21.7. The first kappa shape index (κ1) is 11.5. The molecular weight excluding hydrogens is 240 g/mol. The van der Waals surface area contributed by atoms with E-state index in [2.05, 4.69) is 20.2 Å². The van der Waals surface area contributed by atoms with Crippen LogP contribution in [0, 0.1) is 0 Å². The Labute approximate surface area is 112 Å². The van der Waals surface area contributed by atoms with Gasteiger partial charge >= 0.3 is 0 Å². The Morgan fingerprint density at radius 1 is 1.26 bits per heavy atom. The van der Waals surface area contributed by atoms with Crippen LogP contribution in [0.25, 0.3) is 0 Å². The molecule has 102 valence electrons. The van der Waals surface area contributed by atoms with Gasteiger partial charge in [0.2, 0.25) is 0 Å². The number of anilines is 1. The minimum absolute atomic E-state index is 0.0272. The fourth-order valence-electron chi connectivity index (χ4n) is 3.54. The van der Waals surface area contributed by atoms with Crippen molar-refractivity contribution in [2.24, 2.45) is 0 Å². The molecule has 2 aliphatic heterocycles. The van der Waals surface area contributed by atoms with E-state index in [4.69, 9.17) is 0 Å². The summed E-state index contributed by atoms with van der Waals surface area (Å²) >= 11 is 0. The summed E-state index contributed by atoms with van der Waals surface area (Å²) in [7, 11) is 0. The third-order valence-corrected chi connectivity index (χ3v) is 4.66. The van der Waals surface area contributed by atoms with Gasteiger partial charge in [-0.15, -0.1) is 0 Å². The van der Waals surface area contributed by atoms with Gasteiger partial charge in [-0.25, -0.2) is 4.98 Å². The van der Waals surface area contributed by atoms with Crippen molar-refractivity contribution < 1.29 is 0 Å². The number of aromatic amines is 1. The number of hydrogen-bond donors (Lipinski definition) is 2. The lowest BCUT2D eigenvalue weighted by molar-refractivity contribution is 0.318. The van der Waals surface area contributed by atoms with Crippen molar-refractivity contribution in [1.82, 2.24) is 14.9 Å². The SMILES string of the molecule is O=c1cc(NC2CCN3CCCC23)nc(C2CC2)[nH]1. The lowest BCUT2D eigenvalue weighted by Gasteiger charge is -2.21. The molecule has 1 aromatic heterocycles. The van der Waals surface area contributed by atoms with E-state index in [0.717, 1.165) is 30.9 Å².